The number of carbonyl (C=O) groups excluding carboxylic acids is 2. The third-order valence-corrected chi connectivity index (χ3v) is 4.39. The van der Waals surface area contributed by atoms with Crippen molar-refractivity contribution in [2.24, 2.45) is 0 Å². The summed E-state index contributed by atoms with van der Waals surface area (Å²) >= 11 is 0. The van der Waals surface area contributed by atoms with Gasteiger partial charge in [-0.25, -0.2) is 4.79 Å². The Morgan fingerprint density at radius 3 is 2.70 bits per heavy atom. The van der Waals surface area contributed by atoms with Gasteiger partial charge in [-0.3, -0.25) is 4.79 Å². The van der Waals surface area contributed by atoms with Crippen LogP contribution in [0.25, 0.3) is 0 Å². The lowest BCUT2D eigenvalue weighted by Gasteiger charge is -2.30. The third-order valence-electron chi connectivity index (χ3n) is 4.39. The molecule has 0 spiro atoms. The summed E-state index contributed by atoms with van der Waals surface area (Å²) in [5, 5.41) is 11.0. The highest BCUT2D eigenvalue weighted by atomic mass is 16.5. The summed E-state index contributed by atoms with van der Waals surface area (Å²) in [4.78, 5) is 25.5. The largest absolute Gasteiger partial charge is 0.467 e. The molecule has 0 radical (unpaired) electrons. The number of fused-ring (bicyclic) bond motifs is 1. The van der Waals surface area contributed by atoms with Crippen LogP contribution < -0.4 is 0 Å². The molecule has 0 saturated carbocycles. The summed E-state index contributed by atoms with van der Waals surface area (Å²) in [5.41, 5.74) is -0.479. The highest BCUT2D eigenvalue weighted by Crippen LogP contribution is 2.45. The van der Waals surface area contributed by atoms with E-state index in [0.717, 1.165) is 5.56 Å². The Morgan fingerprint density at radius 2 is 2.05 bits per heavy atom. The molecule has 5 heteroatoms. The van der Waals surface area contributed by atoms with Crippen LogP contribution in [0.15, 0.2) is 30.3 Å². The van der Waals surface area contributed by atoms with Gasteiger partial charge in [-0.15, -0.1) is 0 Å². The standard InChI is InChI=1S/C15H17NO4/c1-20-14(18)11-7-8-12-15(19,9-13(17)16(11)12)10-5-3-2-4-6-10/h2-6,11-12,19H,7-9H2,1H3. The second kappa shape index (κ2) is 4.59. The molecule has 1 amide bonds. The Balaban J connectivity index is 1.96. The molecular weight excluding hydrogens is 258 g/mol. The van der Waals surface area contributed by atoms with Gasteiger partial charge in [0.05, 0.1) is 19.6 Å². The molecule has 2 aliphatic heterocycles. The van der Waals surface area contributed by atoms with Gasteiger partial charge in [0.1, 0.15) is 11.6 Å². The lowest BCUT2D eigenvalue weighted by molar-refractivity contribution is -0.150. The molecule has 1 aromatic carbocycles. The summed E-state index contributed by atoms with van der Waals surface area (Å²) in [6.45, 7) is 0. The zero-order valence-electron chi connectivity index (χ0n) is 11.3. The molecule has 2 fully saturated rings. The first-order valence-electron chi connectivity index (χ1n) is 6.75. The van der Waals surface area contributed by atoms with Crippen LogP contribution in [-0.4, -0.2) is 41.1 Å². The van der Waals surface area contributed by atoms with Gasteiger partial charge in [0.2, 0.25) is 5.91 Å². The molecule has 106 valence electrons. The van der Waals surface area contributed by atoms with E-state index in [4.69, 9.17) is 4.74 Å². The summed E-state index contributed by atoms with van der Waals surface area (Å²) in [6.07, 6.45) is 1.17. The number of nitrogens with zero attached hydrogens (tertiary/aromatic N) is 1. The number of ether oxygens (including phenoxy) is 1. The smallest absolute Gasteiger partial charge is 0.328 e. The predicted octanol–water partition coefficient (Wildman–Crippen LogP) is 0.810. The highest BCUT2D eigenvalue weighted by molar-refractivity contribution is 5.88. The van der Waals surface area contributed by atoms with Crippen molar-refractivity contribution in [3.05, 3.63) is 35.9 Å². The van der Waals surface area contributed by atoms with E-state index in [9.17, 15) is 14.7 Å². The second-order valence-corrected chi connectivity index (χ2v) is 5.40. The first-order valence-corrected chi connectivity index (χ1v) is 6.75. The molecule has 3 atom stereocenters. The van der Waals surface area contributed by atoms with E-state index in [1.54, 1.807) is 0 Å². The number of rotatable bonds is 2. The number of hydrogen-bond acceptors (Lipinski definition) is 4. The van der Waals surface area contributed by atoms with E-state index in [0.29, 0.717) is 12.8 Å². The molecule has 20 heavy (non-hydrogen) atoms. The van der Waals surface area contributed by atoms with Gasteiger partial charge >= 0.3 is 5.97 Å². The number of aliphatic hydroxyl groups is 1. The number of benzene rings is 1. The maximum absolute atomic E-state index is 12.2. The van der Waals surface area contributed by atoms with Crippen molar-refractivity contribution in [3.8, 4) is 0 Å². The minimum Gasteiger partial charge on any atom is -0.467 e. The molecule has 2 heterocycles. The molecule has 1 aromatic rings. The second-order valence-electron chi connectivity index (χ2n) is 5.40. The van der Waals surface area contributed by atoms with Crippen LogP contribution in [0.3, 0.4) is 0 Å². The van der Waals surface area contributed by atoms with Crippen LogP contribution in [-0.2, 0) is 19.9 Å². The first-order chi connectivity index (χ1) is 9.58. The number of amides is 1. The van der Waals surface area contributed by atoms with Gasteiger partial charge in [0.25, 0.3) is 0 Å². The van der Waals surface area contributed by atoms with Crippen LogP contribution in [0, 0.1) is 0 Å². The zero-order valence-corrected chi connectivity index (χ0v) is 11.3. The van der Waals surface area contributed by atoms with Gasteiger partial charge in [0, 0.05) is 0 Å². The van der Waals surface area contributed by atoms with Crippen LogP contribution in [0.2, 0.25) is 0 Å². The molecule has 2 saturated heterocycles. The van der Waals surface area contributed by atoms with Crippen LogP contribution in [0.4, 0.5) is 0 Å². The van der Waals surface area contributed by atoms with E-state index >= 15 is 0 Å². The number of carbonyl (C=O) groups is 2. The van der Waals surface area contributed by atoms with Crippen molar-refractivity contribution in [2.75, 3.05) is 7.11 Å². The fraction of sp³-hybridized carbons (Fsp3) is 0.467. The molecule has 0 aliphatic carbocycles. The van der Waals surface area contributed by atoms with E-state index in [1.165, 1.54) is 12.0 Å². The maximum Gasteiger partial charge on any atom is 0.328 e. The molecule has 2 aliphatic rings. The highest BCUT2D eigenvalue weighted by Gasteiger charge is 2.58. The third kappa shape index (κ3) is 1.73. The van der Waals surface area contributed by atoms with Crippen molar-refractivity contribution < 1.29 is 19.4 Å². The van der Waals surface area contributed by atoms with Crippen molar-refractivity contribution >= 4 is 11.9 Å². The SMILES string of the molecule is COC(=O)C1CCC2N1C(=O)CC2(O)c1ccccc1. The topological polar surface area (TPSA) is 66.8 Å². The Bertz CT molecular complexity index is 544. The van der Waals surface area contributed by atoms with E-state index in [-0.39, 0.29) is 18.4 Å². The monoisotopic (exact) mass is 275 g/mol. The van der Waals surface area contributed by atoms with E-state index in [1.807, 2.05) is 30.3 Å². The van der Waals surface area contributed by atoms with Gasteiger partial charge in [-0.1, -0.05) is 30.3 Å². The number of esters is 1. The number of hydrogen-bond donors (Lipinski definition) is 1. The minimum atomic E-state index is -1.21. The molecule has 1 N–H and O–H groups in total. The Kier molecular flexibility index (Phi) is 3.01. The van der Waals surface area contributed by atoms with Gasteiger partial charge in [0.15, 0.2) is 0 Å². The number of methoxy groups -OCH3 is 1. The normalized spacial score (nSPS) is 32.3. The van der Waals surface area contributed by atoms with Crippen molar-refractivity contribution in [1.82, 2.24) is 4.90 Å². The van der Waals surface area contributed by atoms with E-state index in [2.05, 4.69) is 0 Å². The van der Waals surface area contributed by atoms with E-state index < -0.39 is 17.6 Å². The quantitative estimate of drug-likeness (QED) is 0.811. The van der Waals surface area contributed by atoms with Crippen LogP contribution in [0.5, 0.6) is 0 Å². The van der Waals surface area contributed by atoms with Crippen molar-refractivity contribution in [3.63, 3.8) is 0 Å². The summed E-state index contributed by atoms with van der Waals surface area (Å²) in [7, 11) is 1.32. The zero-order chi connectivity index (χ0) is 14.3. The van der Waals surface area contributed by atoms with Crippen molar-refractivity contribution in [1.29, 1.82) is 0 Å². The predicted molar refractivity (Wildman–Crippen MR) is 70.6 cm³/mol. The van der Waals surface area contributed by atoms with Crippen LogP contribution >= 0.6 is 0 Å². The van der Waals surface area contributed by atoms with Crippen molar-refractivity contribution in [2.45, 2.75) is 36.9 Å². The Morgan fingerprint density at radius 1 is 1.35 bits per heavy atom. The average Bonchev–Trinajstić information content (AvgIpc) is 3.01. The molecule has 3 unspecified atom stereocenters. The van der Waals surface area contributed by atoms with Gasteiger partial charge in [-0.2, -0.15) is 0 Å². The minimum absolute atomic E-state index is 0.0230. The lowest BCUT2D eigenvalue weighted by Crippen LogP contribution is -2.44. The molecule has 5 nitrogen and oxygen atoms in total. The van der Waals surface area contributed by atoms with Gasteiger partial charge in [-0.05, 0) is 18.4 Å². The summed E-state index contributed by atoms with van der Waals surface area (Å²) in [5.74, 6) is -0.590. The average molecular weight is 275 g/mol. The maximum atomic E-state index is 12.2. The Hall–Kier alpha value is -1.88. The first kappa shape index (κ1) is 13.1. The molecule has 0 aromatic heterocycles. The summed E-state index contributed by atoms with van der Waals surface area (Å²) < 4.78 is 4.75. The molecule has 3 rings (SSSR count). The Labute approximate surface area is 117 Å². The lowest BCUT2D eigenvalue weighted by atomic mass is 9.85. The van der Waals surface area contributed by atoms with Gasteiger partial charge < -0.3 is 14.7 Å². The fourth-order valence-corrected chi connectivity index (χ4v) is 3.46. The molecular formula is C15H17NO4. The molecule has 0 bridgehead atoms. The van der Waals surface area contributed by atoms with Crippen LogP contribution in [0.1, 0.15) is 24.8 Å². The summed E-state index contributed by atoms with van der Waals surface area (Å²) in [6, 6.07) is 8.29. The fourth-order valence-electron chi connectivity index (χ4n) is 3.46.